The highest BCUT2D eigenvalue weighted by Gasteiger charge is 2.18. The van der Waals surface area contributed by atoms with Crippen molar-refractivity contribution in [3.05, 3.63) is 20.8 Å². The Morgan fingerprint density at radius 1 is 1.62 bits per heavy atom. The molecule has 3 nitrogen and oxygen atoms in total. The van der Waals surface area contributed by atoms with Crippen LogP contribution in [0.2, 0.25) is 0 Å². The summed E-state index contributed by atoms with van der Waals surface area (Å²) in [5.41, 5.74) is -0.535. The van der Waals surface area contributed by atoms with Crippen LogP contribution in [-0.2, 0) is 11.2 Å². The zero-order valence-corrected chi connectivity index (χ0v) is 11.8. The van der Waals surface area contributed by atoms with Crippen LogP contribution >= 0.6 is 27.3 Å². The predicted octanol–water partition coefficient (Wildman–Crippen LogP) is 2.33. The molecule has 0 unspecified atom stereocenters. The van der Waals surface area contributed by atoms with Gasteiger partial charge in [0.25, 0.3) is 0 Å². The van der Waals surface area contributed by atoms with Crippen LogP contribution in [0.5, 0.6) is 0 Å². The number of aryl methyl sites for hydroxylation is 1. The SMILES string of the molecule is CC(C)(CO)NC(=O)CCc1cc(Br)cs1. The second kappa shape index (κ2) is 5.80. The maximum absolute atomic E-state index is 11.6. The Hall–Kier alpha value is -0.390. The summed E-state index contributed by atoms with van der Waals surface area (Å²) < 4.78 is 1.06. The minimum atomic E-state index is -0.535. The van der Waals surface area contributed by atoms with E-state index in [4.69, 9.17) is 5.11 Å². The number of thiophene rings is 1. The van der Waals surface area contributed by atoms with Crippen LogP contribution in [0.3, 0.4) is 0 Å². The van der Waals surface area contributed by atoms with E-state index in [-0.39, 0.29) is 12.5 Å². The Morgan fingerprint density at radius 2 is 2.31 bits per heavy atom. The molecular formula is C11H16BrNO2S. The number of carbonyl (C=O) groups is 1. The molecule has 0 aliphatic carbocycles. The molecule has 1 amide bonds. The van der Waals surface area contributed by atoms with E-state index < -0.39 is 5.54 Å². The third-order valence-corrected chi connectivity index (χ3v) is 3.85. The highest BCUT2D eigenvalue weighted by molar-refractivity contribution is 9.10. The number of halogens is 1. The van der Waals surface area contributed by atoms with Gasteiger partial charge in [-0.05, 0) is 42.3 Å². The molecule has 90 valence electrons. The maximum Gasteiger partial charge on any atom is 0.220 e. The van der Waals surface area contributed by atoms with Gasteiger partial charge in [0.15, 0.2) is 0 Å². The van der Waals surface area contributed by atoms with E-state index in [2.05, 4.69) is 21.2 Å². The summed E-state index contributed by atoms with van der Waals surface area (Å²) in [6.07, 6.45) is 1.19. The molecule has 0 aliphatic rings. The number of hydrogen-bond acceptors (Lipinski definition) is 3. The predicted molar refractivity (Wildman–Crippen MR) is 69.6 cm³/mol. The number of amides is 1. The molecule has 0 aliphatic heterocycles. The van der Waals surface area contributed by atoms with Crippen LogP contribution in [0.1, 0.15) is 25.1 Å². The quantitative estimate of drug-likeness (QED) is 0.877. The van der Waals surface area contributed by atoms with E-state index in [9.17, 15) is 4.79 Å². The first-order chi connectivity index (χ1) is 7.43. The second-order valence-electron chi connectivity index (χ2n) is 4.32. The third kappa shape index (κ3) is 4.63. The molecule has 5 heteroatoms. The van der Waals surface area contributed by atoms with Gasteiger partial charge in [-0.15, -0.1) is 11.3 Å². The van der Waals surface area contributed by atoms with Gasteiger partial charge < -0.3 is 10.4 Å². The van der Waals surface area contributed by atoms with Crippen molar-refractivity contribution in [2.24, 2.45) is 0 Å². The molecule has 0 saturated heterocycles. The van der Waals surface area contributed by atoms with Crippen molar-refractivity contribution in [3.8, 4) is 0 Å². The van der Waals surface area contributed by atoms with E-state index in [1.54, 1.807) is 25.2 Å². The number of aliphatic hydroxyl groups excluding tert-OH is 1. The lowest BCUT2D eigenvalue weighted by atomic mass is 10.1. The van der Waals surface area contributed by atoms with Crippen LogP contribution in [0.15, 0.2) is 15.9 Å². The van der Waals surface area contributed by atoms with E-state index in [0.29, 0.717) is 6.42 Å². The van der Waals surface area contributed by atoms with Gasteiger partial charge in [-0.3, -0.25) is 4.79 Å². The molecular weight excluding hydrogens is 290 g/mol. The van der Waals surface area contributed by atoms with Gasteiger partial charge in [0.05, 0.1) is 12.1 Å². The fourth-order valence-corrected chi connectivity index (χ4v) is 2.66. The molecule has 1 aromatic rings. The van der Waals surface area contributed by atoms with Crippen molar-refractivity contribution in [3.63, 3.8) is 0 Å². The lowest BCUT2D eigenvalue weighted by Gasteiger charge is -2.23. The normalized spacial score (nSPS) is 11.5. The molecule has 0 bridgehead atoms. The molecule has 1 rings (SSSR count). The van der Waals surface area contributed by atoms with Gasteiger partial charge in [-0.2, -0.15) is 0 Å². The lowest BCUT2D eigenvalue weighted by molar-refractivity contribution is -0.123. The van der Waals surface area contributed by atoms with Gasteiger partial charge in [0.1, 0.15) is 0 Å². The van der Waals surface area contributed by atoms with Crippen molar-refractivity contribution in [2.75, 3.05) is 6.61 Å². The summed E-state index contributed by atoms with van der Waals surface area (Å²) >= 11 is 5.01. The molecule has 2 N–H and O–H groups in total. The molecule has 0 saturated carbocycles. The average Bonchev–Trinajstić information content (AvgIpc) is 2.61. The monoisotopic (exact) mass is 305 g/mol. The van der Waals surface area contributed by atoms with E-state index >= 15 is 0 Å². The molecule has 16 heavy (non-hydrogen) atoms. The molecule has 0 fully saturated rings. The van der Waals surface area contributed by atoms with E-state index in [1.807, 2.05) is 11.4 Å². The minimum Gasteiger partial charge on any atom is -0.394 e. The van der Waals surface area contributed by atoms with Crippen molar-refractivity contribution < 1.29 is 9.90 Å². The number of hydrogen-bond donors (Lipinski definition) is 2. The largest absolute Gasteiger partial charge is 0.394 e. The van der Waals surface area contributed by atoms with Crippen LogP contribution in [-0.4, -0.2) is 23.2 Å². The van der Waals surface area contributed by atoms with Crippen molar-refractivity contribution in [1.82, 2.24) is 5.32 Å². The van der Waals surface area contributed by atoms with Crippen molar-refractivity contribution in [1.29, 1.82) is 0 Å². The number of aliphatic hydroxyl groups is 1. The van der Waals surface area contributed by atoms with Gasteiger partial charge in [-0.1, -0.05) is 0 Å². The minimum absolute atomic E-state index is 0.0245. The Morgan fingerprint density at radius 3 is 2.81 bits per heavy atom. The van der Waals surface area contributed by atoms with Crippen LogP contribution in [0.4, 0.5) is 0 Å². The number of nitrogens with one attached hydrogen (secondary N) is 1. The molecule has 1 aromatic heterocycles. The molecule has 1 heterocycles. The summed E-state index contributed by atoms with van der Waals surface area (Å²) in [7, 11) is 0. The summed E-state index contributed by atoms with van der Waals surface area (Å²) in [6.45, 7) is 3.54. The summed E-state index contributed by atoms with van der Waals surface area (Å²) in [5.74, 6) is -0.0245. The van der Waals surface area contributed by atoms with Gasteiger partial charge in [0, 0.05) is 21.2 Å². The standard InChI is InChI=1S/C11H16BrNO2S/c1-11(2,7-14)13-10(15)4-3-9-5-8(12)6-16-9/h5-6,14H,3-4,7H2,1-2H3,(H,13,15). The Balaban J connectivity index is 2.36. The number of rotatable bonds is 5. The number of carbonyl (C=O) groups excluding carboxylic acids is 1. The molecule has 0 radical (unpaired) electrons. The first-order valence-corrected chi connectivity index (χ1v) is 6.75. The lowest BCUT2D eigenvalue weighted by Crippen LogP contribution is -2.46. The highest BCUT2D eigenvalue weighted by atomic mass is 79.9. The van der Waals surface area contributed by atoms with Crippen molar-refractivity contribution in [2.45, 2.75) is 32.2 Å². The van der Waals surface area contributed by atoms with Gasteiger partial charge in [0.2, 0.25) is 5.91 Å². The smallest absolute Gasteiger partial charge is 0.220 e. The highest BCUT2D eigenvalue weighted by Crippen LogP contribution is 2.20. The Kier molecular flexibility index (Phi) is 4.95. The topological polar surface area (TPSA) is 49.3 Å². The summed E-state index contributed by atoms with van der Waals surface area (Å²) in [6, 6.07) is 2.02. The van der Waals surface area contributed by atoms with E-state index in [0.717, 1.165) is 10.9 Å². The molecule has 0 aromatic carbocycles. The van der Waals surface area contributed by atoms with Crippen molar-refractivity contribution >= 4 is 33.2 Å². The first kappa shape index (κ1) is 13.7. The average molecular weight is 306 g/mol. The molecule has 0 spiro atoms. The van der Waals surface area contributed by atoms with Gasteiger partial charge in [-0.25, -0.2) is 0 Å². The third-order valence-electron chi connectivity index (χ3n) is 2.09. The zero-order valence-electron chi connectivity index (χ0n) is 9.42. The Bertz CT molecular complexity index is 363. The van der Waals surface area contributed by atoms with Crippen LogP contribution in [0, 0.1) is 0 Å². The molecule has 0 atom stereocenters. The first-order valence-electron chi connectivity index (χ1n) is 5.08. The fourth-order valence-electron chi connectivity index (χ4n) is 1.20. The maximum atomic E-state index is 11.6. The zero-order chi connectivity index (χ0) is 12.2. The van der Waals surface area contributed by atoms with Crippen LogP contribution in [0.25, 0.3) is 0 Å². The van der Waals surface area contributed by atoms with Gasteiger partial charge >= 0.3 is 0 Å². The summed E-state index contributed by atoms with van der Waals surface area (Å²) in [4.78, 5) is 12.8. The second-order valence-corrected chi connectivity index (χ2v) is 6.23. The van der Waals surface area contributed by atoms with Crippen LogP contribution < -0.4 is 5.32 Å². The van der Waals surface area contributed by atoms with E-state index in [1.165, 1.54) is 4.88 Å². The Labute approximate surface area is 108 Å². The summed E-state index contributed by atoms with van der Waals surface area (Å²) in [5, 5.41) is 13.8. The fraction of sp³-hybridized carbons (Fsp3) is 0.545.